The fraction of sp³-hybridized carbons (Fsp3) is 0.278. The first-order chi connectivity index (χ1) is 12.2. The molecule has 140 valence electrons. The molecule has 0 aromatic heterocycles. The zero-order valence-electron chi connectivity index (χ0n) is 14.6. The molecule has 0 spiro atoms. The Morgan fingerprint density at radius 2 is 1.88 bits per heavy atom. The molecule has 2 rings (SSSR count). The summed E-state index contributed by atoms with van der Waals surface area (Å²) in [6.07, 6.45) is 1.71. The second-order valence-corrected chi connectivity index (χ2v) is 7.18. The number of nitrogens with one attached hydrogen (secondary N) is 1. The lowest BCUT2D eigenvalue weighted by atomic mass is 10.1. The summed E-state index contributed by atoms with van der Waals surface area (Å²) in [5.74, 6) is 0. The Kier molecular flexibility index (Phi) is 6.83. The van der Waals surface area contributed by atoms with Gasteiger partial charge in [-0.3, -0.25) is 0 Å². The van der Waals surface area contributed by atoms with E-state index in [9.17, 15) is 13.2 Å². The minimum Gasteiger partial charge on any atom is -0.366 e. The summed E-state index contributed by atoms with van der Waals surface area (Å²) in [6, 6.07) is 9.67. The van der Waals surface area contributed by atoms with Crippen LogP contribution in [-0.2, 0) is 0 Å². The van der Waals surface area contributed by atoms with Crippen molar-refractivity contribution in [1.29, 1.82) is 0 Å². The molecule has 0 aliphatic heterocycles. The highest BCUT2D eigenvalue weighted by atomic mass is 35.5. The fourth-order valence-corrected chi connectivity index (χ4v) is 2.79. The lowest BCUT2D eigenvalue weighted by Crippen LogP contribution is -2.14. The summed E-state index contributed by atoms with van der Waals surface area (Å²) in [6.45, 7) is 4.77. The number of thioether (sulfide) groups is 1. The van der Waals surface area contributed by atoms with Crippen molar-refractivity contribution in [2.45, 2.75) is 24.3 Å². The number of benzene rings is 2. The number of alkyl halides is 3. The number of halogens is 4. The van der Waals surface area contributed by atoms with Crippen LogP contribution in [0.1, 0.15) is 12.5 Å². The number of anilines is 2. The van der Waals surface area contributed by atoms with Gasteiger partial charge in [-0.25, -0.2) is 4.99 Å². The minimum atomic E-state index is -4.29. The van der Waals surface area contributed by atoms with Crippen molar-refractivity contribution in [3.63, 3.8) is 0 Å². The highest BCUT2D eigenvalue weighted by Crippen LogP contribution is 2.37. The average molecular weight is 402 g/mol. The summed E-state index contributed by atoms with van der Waals surface area (Å²) in [5, 5.41) is 3.66. The molecule has 0 saturated heterocycles. The van der Waals surface area contributed by atoms with Crippen LogP contribution in [0, 0.1) is 6.92 Å². The van der Waals surface area contributed by atoms with Crippen molar-refractivity contribution >= 4 is 46.8 Å². The van der Waals surface area contributed by atoms with Crippen molar-refractivity contribution in [2.24, 2.45) is 4.99 Å². The van der Waals surface area contributed by atoms with Crippen LogP contribution in [-0.4, -0.2) is 30.3 Å². The molecule has 0 saturated carbocycles. The topological polar surface area (TPSA) is 27.6 Å². The predicted octanol–water partition coefficient (Wildman–Crippen LogP) is 6.62. The molecule has 0 fully saturated rings. The van der Waals surface area contributed by atoms with E-state index >= 15 is 0 Å². The van der Waals surface area contributed by atoms with Crippen LogP contribution in [0.2, 0.25) is 5.02 Å². The molecular formula is C18H19ClF3N3S. The summed E-state index contributed by atoms with van der Waals surface area (Å²) < 4.78 is 37.1. The highest BCUT2D eigenvalue weighted by molar-refractivity contribution is 8.00. The molecule has 0 unspecified atom stereocenters. The molecule has 0 amide bonds. The van der Waals surface area contributed by atoms with Gasteiger partial charge in [0.2, 0.25) is 0 Å². The molecule has 0 atom stereocenters. The molecule has 0 radical (unpaired) electrons. The molecule has 26 heavy (non-hydrogen) atoms. The van der Waals surface area contributed by atoms with E-state index in [1.165, 1.54) is 12.1 Å². The van der Waals surface area contributed by atoms with E-state index < -0.39 is 5.51 Å². The molecule has 2 aromatic carbocycles. The smallest absolute Gasteiger partial charge is 0.366 e. The monoisotopic (exact) mass is 401 g/mol. The van der Waals surface area contributed by atoms with Crippen LogP contribution in [0.5, 0.6) is 0 Å². The SMILES string of the molecule is CCN(C)C=Nc1cc(C)c(Nc2ccc(SC(F)(F)F)cc2)cc1Cl. The Balaban J connectivity index is 2.14. The van der Waals surface area contributed by atoms with Gasteiger partial charge in [-0.15, -0.1) is 0 Å². The van der Waals surface area contributed by atoms with Gasteiger partial charge in [0.25, 0.3) is 0 Å². The molecule has 3 nitrogen and oxygen atoms in total. The number of rotatable bonds is 6. The minimum absolute atomic E-state index is 0.136. The maximum atomic E-state index is 12.4. The lowest BCUT2D eigenvalue weighted by molar-refractivity contribution is -0.0328. The zero-order chi connectivity index (χ0) is 19.3. The second kappa shape index (κ2) is 8.68. The maximum absolute atomic E-state index is 12.4. The Bertz CT molecular complexity index is 776. The molecule has 0 bridgehead atoms. The highest BCUT2D eigenvalue weighted by Gasteiger charge is 2.28. The van der Waals surface area contributed by atoms with Crippen LogP contribution in [0.3, 0.4) is 0 Å². The van der Waals surface area contributed by atoms with Crippen molar-refractivity contribution in [3.05, 3.63) is 47.0 Å². The fourth-order valence-electron chi connectivity index (χ4n) is 2.04. The van der Waals surface area contributed by atoms with Gasteiger partial charge in [0.1, 0.15) is 0 Å². The van der Waals surface area contributed by atoms with Crippen molar-refractivity contribution in [2.75, 3.05) is 18.9 Å². The van der Waals surface area contributed by atoms with Gasteiger partial charge < -0.3 is 10.2 Å². The Hall–Kier alpha value is -1.86. The Morgan fingerprint density at radius 3 is 2.46 bits per heavy atom. The van der Waals surface area contributed by atoms with Gasteiger partial charge in [0, 0.05) is 29.9 Å². The predicted molar refractivity (Wildman–Crippen MR) is 104 cm³/mol. The van der Waals surface area contributed by atoms with Crippen LogP contribution >= 0.6 is 23.4 Å². The van der Waals surface area contributed by atoms with Crippen molar-refractivity contribution < 1.29 is 13.2 Å². The summed E-state index contributed by atoms with van der Waals surface area (Å²) >= 11 is 6.16. The molecule has 0 aliphatic rings. The maximum Gasteiger partial charge on any atom is 0.446 e. The molecule has 2 aromatic rings. The lowest BCUT2D eigenvalue weighted by Gasteiger charge is -2.13. The Labute approximate surface area is 160 Å². The van der Waals surface area contributed by atoms with Gasteiger partial charge in [-0.05, 0) is 67.6 Å². The van der Waals surface area contributed by atoms with E-state index in [1.807, 2.05) is 31.9 Å². The normalized spacial score (nSPS) is 11.8. The molecule has 8 heteroatoms. The molecular weight excluding hydrogens is 383 g/mol. The van der Waals surface area contributed by atoms with E-state index in [4.69, 9.17) is 11.6 Å². The zero-order valence-corrected chi connectivity index (χ0v) is 16.1. The van der Waals surface area contributed by atoms with E-state index in [0.717, 1.165) is 17.8 Å². The largest absolute Gasteiger partial charge is 0.446 e. The summed E-state index contributed by atoms with van der Waals surface area (Å²) in [5.41, 5.74) is -1.26. The Morgan fingerprint density at radius 1 is 1.23 bits per heavy atom. The second-order valence-electron chi connectivity index (χ2n) is 5.63. The van der Waals surface area contributed by atoms with E-state index in [-0.39, 0.29) is 16.7 Å². The number of aliphatic imine (C=N–C) groups is 1. The van der Waals surface area contributed by atoms with Crippen LogP contribution in [0.15, 0.2) is 46.3 Å². The van der Waals surface area contributed by atoms with Crippen molar-refractivity contribution in [1.82, 2.24) is 4.90 Å². The number of hydrogen-bond acceptors (Lipinski definition) is 3. The number of aryl methyl sites for hydroxylation is 1. The third-order valence-electron chi connectivity index (χ3n) is 3.55. The molecule has 0 heterocycles. The van der Waals surface area contributed by atoms with Gasteiger partial charge >= 0.3 is 5.51 Å². The standard InChI is InChI=1S/C18H19ClF3N3S/c1-4-25(3)11-23-17-9-12(2)16(10-15(17)19)24-13-5-7-14(8-6-13)26-18(20,21)22/h5-11,24H,4H2,1-3H3. The van der Waals surface area contributed by atoms with E-state index in [1.54, 1.807) is 24.5 Å². The molecule has 1 N–H and O–H groups in total. The van der Waals surface area contributed by atoms with E-state index in [0.29, 0.717) is 16.4 Å². The summed E-state index contributed by atoms with van der Waals surface area (Å²) in [4.78, 5) is 6.43. The number of nitrogens with zero attached hydrogens (tertiary/aromatic N) is 2. The van der Waals surface area contributed by atoms with Crippen LogP contribution < -0.4 is 5.32 Å². The van der Waals surface area contributed by atoms with Gasteiger partial charge in [0.05, 0.1) is 17.0 Å². The van der Waals surface area contributed by atoms with E-state index in [2.05, 4.69) is 10.3 Å². The van der Waals surface area contributed by atoms with Crippen LogP contribution in [0.25, 0.3) is 0 Å². The van der Waals surface area contributed by atoms with Gasteiger partial charge in [-0.2, -0.15) is 13.2 Å². The molecule has 0 aliphatic carbocycles. The first-order valence-electron chi connectivity index (χ1n) is 7.85. The average Bonchev–Trinajstić information content (AvgIpc) is 2.56. The third-order valence-corrected chi connectivity index (χ3v) is 4.60. The third kappa shape index (κ3) is 6.14. The van der Waals surface area contributed by atoms with Gasteiger partial charge in [-0.1, -0.05) is 11.6 Å². The summed E-state index contributed by atoms with van der Waals surface area (Å²) in [7, 11) is 1.92. The first-order valence-corrected chi connectivity index (χ1v) is 9.05. The first kappa shape index (κ1) is 20.5. The number of hydrogen-bond donors (Lipinski definition) is 1. The van der Waals surface area contributed by atoms with Crippen molar-refractivity contribution in [3.8, 4) is 0 Å². The quantitative estimate of drug-likeness (QED) is 0.335. The van der Waals surface area contributed by atoms with Gasteiger partial charge in [0.15, 0.2) is 0 Å². The van der Waals surface area contributed by atoms with Crippen LogP contribution in [0.4, 0.5) is 30.2 Å².